The third-order valence-electron chi connectivity index (χ3n) is 12.0. The highest BCUT2D eigenvalue weighted by molar-refractivity contribution is 5.71. The Labute approximate surface area is 402 Å². The molecular weight excluding hydrogens is 805 g/mol. The molecule has 0 amide bonds. The third kappa shape index (κ3) is 51.9. The number of hydrogen-bond acceptors (Lipinski definition) is 6. The number of hydrogen-bond donors (Lipinski definition) is 0. The number of rotatable bonds is 50. The van der Waals surface area contributed by atoms with E-state index in [-0.39, 0.29) is 31.1 Å². The fraction of sp³-hybridized carbons (Fsp3) is 0.780. The van der Waals surface area contributed by atoms with Gasteiger partial charge < -0.3 is 14.2 Å². The summed E-state index contributed by atoms with van der Waals surface area (Å²) in [6.07, 6.45) is 66.4. The van der Waals surface area contributed by atoms with Crippen molar-refractivity contribution in [1.29, 1.82) is 0 Å². The molecule has 6 heteroatoms. The molecule has 0 spiro atoms. The quantitative estimate of drug-likeness (QED) is 0.0262. The van der Waals surface area contributed by atoms with Crippen LogP contribution in [0.5, 0.6) is 0 Å². The molecule has 6 nitrogen and oxygen atoms in total. The summed E-state index contributed by atoms with van der Waals surface area (Å²) in [5.41, 5.74) is 0. The topological polar surface area (TPSA) is 78.9 Å². The van der Waals surface area contributed by atoms with Crippen molar-refractivity contribution in [2.24, 2.45) is 0 Å². The standard InChI is InChI=1S/C59H104O6/c1-4-7-10-13-16-19-22-24-26-28-29-31-33-35-38-41-44-47-50-53-59(62)65-56(54-63-57(60)51-48-45-42-39-36-21-18-15-12-9-6-3)55-64-58(61)52-49-46-43-40-37-34-32-30-27-25-23-20-17-14-11-8-5-2/h8,11,17,20,24-27,32,34,56H,4-7,9-10,12-16,18-19,21-23,28-31,33,35-55H2,1-3H3/b11-8-,20-17-,26-24-,27-25-,34-32-/t56-/m0/s1. The van der Waals surface area contributed by atoms with E-state index >= 15 is 0 Å². The summed E-state index contributed by atoms with van der Waals surface area (Å²) in [4.78, 5) is 38.0. The smallest absolute Gasteiger partial charge is 0.306 e. The molecule has 0 aliphatic rings. The average Bonchev–Trinajstić information content (AvgIpc) is 3.30. The van der Waals surface area contributed by atoms with Gasteiger partial charge in [-0.25, -0.2) is 0 Å². The first-order valence-corrected chi connectivity index (χ1v) is 27.8. The Hall–Kier alpha value is -2.89. The first-order valence-electron chi connectivity index (χ1n) is 27.8. The zero-order chi connectivity index (χ0) is 47.2. The van der Waals surface area contributed by atoms with Crippen molar-refractivity contribution < 1.29 is 28.6 Å². The van der Waals surface area contributed by atoms with Gasteiger partial charge in [0.25, 0.3) is 0 Å². The van der Waals surface area contributed by atoms with Crippen LogP contribution in [-0.2, 0) is 28.6 Å². The third-order valence-corrected chi connectivity index (χ3v) is 12.0. The van der Waals surface area contributed by atoms with Gasteiger partial charge in [0, 0.05) is 19.3 Å². The first-order chi connectivity index (χ1) is 32.0. The van der Waals surface area contributed by atoms with Crippen LogP contribution in [0, 0.1) is 0 Å². The van der Waals surface area contributed by atoms with Crippen LogP contribution in [0.3, 0.4) is 0 Å². The molecule has 0 fully saturated rings. The Morgan fingerprint density at radius 2 is 0.600 bits per heavy atom. The van der Waals surface area contributed by atoms with Crippen LogP contribution in [0.1, 0.15) is 278 Å². The summed E-state index contributed by atoms with van der Waals surface area (Å²) in [7, 11) is 0. The first kappa shape index (κ1) is 62.1. The summed E-state index contributed by atoms with van der Waals surface area (Å²) in [5.74, 6) is -0.899. The monoisotopic (exact) mass is 909 g/mol. The summed E-state index contributed by atoms with van der Waals surface area (Å²) in [6, 6.07) is 0. The van der Waals surface area contributed by atoms with E-state index in [1.807, 2.05) is 0 Å². The Kier molecular flexibility index (Phi) is 51.3. The van der Waals surface area contributed by atoms with E-state index in [9.17, 15) is 14.4 Å². The fourth-order valence-electron chi connectivity index (χ4n) is 7.84. The Morgan fingerprint density at radius 3 is 0.954 bits per heavy atom. The van der Waals surface area contributed by atoms with Gasteiger partial charge in [-0.2, -0.15) is 0 Å². The highest BCUT2D eigenvalue weighted by Gasteiger charge is 2.19. The minimum absolute atomic E-state index is 0.0807. The second kappa shape index (κ2) is 53.7. The van der Waals surface area contributed by atoms with Gasteiger partial charge in [0.2, 0.25) is 0 Å². The van der Waals surface area contributed by atoms with Crippen molar-refractivity contribution in [2.45, 2.75) is 284 Å². The molecule has 0 aromatic heterocycles. The number of ether oxygens (including phenoxy) is 3. The average molecular weight is 909 g/mol. The number of esters is 3. The molecule has 376 valence electrons. The van der Waals surface area contributed by atoms with Crippen molar-refractivity contribution in [3.05, 3.63) is 60.8 Å². The number of carbonyl (C=O) groups excluding carboxylic acids is 3. The van der Waals surface area contributed by atoms with E-state index in [4.69, 9.17) is 14.2 Å². The predicted octanol–water partition coefficient (Wildman–Crippen LogP) is 18.4. The molecule has 0 saturated carbocycles. The SMILES string of the molecule is CC/C=C\C/C=C\C/C=C\C/C=C\CCCCCCC(=O)OC[C@H](COC(=O)CCCCCCCCCCCCC)OC(=O)CCCCCCCCCCC/C=C\CCCCCCCC. The molecule has 0 aromatic carbocycles. The number of unbranched alkanes of at least 4 members (excludes halogenated alkanes) is 29. The minimum Gasteiger partial charge on any atom is -0.462 e. The lowest BCUT2D eigenvalue weighted by molar-refractivity contribution is -0.167. The van der Waals surface area contributed by atoms with Crippen molar-refractivity contribution in [3.8, 4) is 0 Å². The summed E-state index contributed by atoms with van der Waals surface area (Å²) >= 11 is 0. The van der Waals surface area contributed by atoms with Crippen LogP contribution in [0.2, 0.25) is 0 Å². The van der Waals surface area contributed by atoms with Gasteiger partial charge in [-0.05, 0) is 83.5 Å². The molecule has 0 unspecified atom stereocenters. The van der Waals surface area contributed by atoms with Crippen LogP contribution in [0.25, 0.3) is 0 Å². The molecule has 0 aliphatic carbocycles. The maximum atomic E-state index is 12.8. The Balaban J connectivity index is 4.37. The second-order valence-electron chi connectivity index (χ2n) is 18.5. The number of allylic oxidation sites excluding steroid dienone is 10. The molecule has 0 N–H and O–H groups in total. The van der Waals surface area contributed by atoms with E-state index in [0.717, 1.165) is 96.3 Å². The molecule has 0 aliphatic heterocycles. The van der Waals surface area contributed by atoms with Crippen LogP contribution >= 0.6 is 0 Å². The minimum atomic E-state index is -0.783. The molecule has 0 heterocycles. The molecule has 0 saturated heterocycles. The molecule has 65 heavy (non-hydrogen) atoms. The summed E-state index contributed by atoms with van der Waals surface area (Å²) < 4.78 is 16.8. The van der Waals surface area contributed by atoms with E-state index in [1.54, 1.807) is 0 Å². The Bertz CT molecular complexity index is 1180. The van der Waals surface area contributed by atoms with Gasteiger partial charge in [0.1, 0.15) is 13.2 Å². The van der Waals surface area contributed by atoms with Gasteiger partial charge in [0.15, 0.2) is 6.10 Å². The Morgan fingerprint density at radius 1 is 0.323 bits per heavy atom. The largest absolute Gasteiger partial charge is 0.462 e. The zero-order valence-corrected chi connectivity index (χ0v) is 43.0. The van der Waals surface area contributed by atoms with Crippen molar-refractivity contribution >= 4 is 17.9 Å². The molecular formula is C59H104O6. The highest BCUT2D eigenvalue weighted by atomic mass is 16.6. The van der Waals surface area contributed by atoms with E-state index in [0.29, 0.717) is 19.3 Å². The molecule has 0 rings (SSSR count). The van der Waals surface area contributed by atoms with E-state index in [1.165, 1.54) is 141 Å². The molecule has 1 atom stereocenters. The lowest BCUT2D eigenvalue weighted by Gasteiger charge is -2.18. The van der Waals surface area contributed by atoms with Crippen LogP contribution in [0.15, 0.2) is 60.8 Å². The van der Waals surface area contributed by atoms with Gasteiger partial charge in [-0.15, -0.1) is 0 Å². The molecule has 0 radical (unpaired) electrons. The molecule has 0 aromatic rings. The van der Waals surface area contributed by atoms with Crippen LogP contribution < -0.4 is 0 Å². The van der Waals surface area contributed by atoms with Gasteiger partial charge in [0.05, 0.1) is 0 Å². The van der Waals surface area contributed by atoms with Gasteiger partial charge >= 0.3 is 17.9 Å². The lowest BCUT2D eigenvalue weighted by atomic mass is 10.1. The summed E-state index contributed by atoms with van der Waals surface area (Å²) in [6.45, 7) is 6.51. The summed E-state index contributed by atoms with van der Waals surface area (Å²) in [5, 5.41) is 0. The zero-order valence-electron chi connectivity index (χ0n) is 43.0. The van der Waals surface area contributed by atoms with Crippen molar-refractivity contribution in [2.75, 3.05) is 13.2 Å². The van der Waals surface area contributed by atoms with E-state index in [2.05, 4.69) is 81.5 Å². The molecule has 0 bridgehead atoms. The van der Waals surface area contributed by atoms with E-state index < -0.39 is 6.10 Å². The normalized spacial score (nSPS) is 12.5. The second-order valence-corrected chi connectivity index (χ2v) is 18.5. The van der Waals surface area contributed by atoms with Crippen LogP contribution in [0.4, 0.5) is 0 Å². The fourth-order valence-corrected chi connectivity index (χ4v) is 7.84. The van der Waals surface area contributed by atoms with Crippen LogP contribution in [-0.4, -0.2) is 37.2 Å². The van der Waals surface area contributed by atoms with Gasteiger partial charge in [-0.3, -0.25) is 14.4 Å². The maximum absolute atomic E-state index is 12.8. The van der Waals surface area contributed by atoms with Crippen molar-refractivity contribution in [1.82, 2.24) is 0 Å². The predicted molar refractivity (Wildman–Crippen MR) is 279 cm³/mol. The maximum Gasteiger partial charge on any atom is 0.306 e. The number of carbonyl (C=O) groups is 3. The van der Waals surface area contributed by atoms with Crippen molar-refractivity contribution in [3.63, 3.8) is 0 Å². The van der Waals surface area contributed by atoms with Gasteiger partial charge in [-0.1, -0.05) is 236 Å². The lowest BCUT2D eigenvalue weighted by Crippen LogP contribution is -2.30. The highest BCUT2D eigenvalue weighted by Crippen LogP contribution is 2.15.